The molecule has 0 aromatic heterocycles. The van der Waals surface area contributed by atoms with Crippen LogP contribution in [0.25, 0.3) is 0 Å². The molecule has 2 unspecified atom stereocenters. The van der Waals surface area contributed by atoms with Crippen molar-refractivity contribution in [3.05, 3.63) is 23.8 Å². The van der Waals surface area contributed by atoms with Gasteiger partial charge in [0.05, 0.1) is 0 Å². The van der Waals surface area contributed by atoms with Gasteiger partial charge in [0.1, 0.15) is 0 Å². The number of fused-ring (bicyclic) bond motifs is 1. The molecule has 1 fully saturated rings. The largest absolute Gasteiger partial charge is 0.454 e. The Labute approximate surface area is 127 Å². The molecule has 1 saturated heterocycles. The SMILES string of the molecule is CCCC1CN(Cc2ccc3c(c2)OCO3)C(CC)CN1. The lowest BCUT2D eigenvalue weighted by molar-refractivity contribution is 0.115. The molecular formula is C17H26N2O2. The molecule has 2 aliphatic rings. The van der Waals surface area contributed by atoms with E-state index in [1.54, 1.807) is 0 Å². The van der Waals surface area contributed by atoms with Crippen LogP contribution in [0.3, 0.4) is 0 Å². The van der Waals surface area contributed by atoms with Gasteiger partial charge >= 0.3 is 0 Å². The molecule has 2 atom stereocenters. The van der Waals surface area contributed by atoms with Crippen molar-refractivity contribution in [2.24, 2.45) is 0 Å². The molecule has 1 aromatic carbocycles. The van der Waals surface area contributed by atoms with Gasteiger partial charge in [0.15, 0.2) is 11.5 Å². The molecule has 3 rings (SSSR count). The van der Waals surface area contributed by atoms with Gasteiger partial charge in [-0.1, -0.05) is 26.3 Å². The fraction of sp³-hybridized carbons (Fsp3) is 0.647. The lowest BCUT2D eigenvalue weighted by atomic mass is 10.0. The van der Waals surface area contributed by atoms with Gasteiger partial charge < -0.3 is 14.8 Å². The second kappa shape index (κ2) is 6.67. The maximum absolute atomic E-state index is 5.49. The summed E-state index contributed by atoms with van der Waals surface area (Å²) in [6.45, 7) is 8.13. The van der Waals surface area contributed by atoms with Crippen LogP contribution in [0, 0.1) is 0 Å². The summed E-state index contributed by atoms with van der Waals surface area (Å²) in [5.74, 6) is 1.76. The summed E-state index contributed by atoms with van der Waals surface area (Å²) in [5.41, 5.74) is 1.31. The van der Waals surface area contributed by atoms with Crippen molar-refractivity contribution in [3.63, 3.8) is 0 Å². The molecule has 0 amide bonds. The van der Waals surface area contributed by atoms with Crippen LogP contribution < -0.4 is 14.8 Å². The van der Waals surface area contributed by atoms with Gasteiger partial charge in [0.2, 0.25) is 6.79 Å². The van der Waals surface area contributed by atoms with E-state index >= 15 is 0 Å². The quantitative estimate of drug-likeness (QED) is 0.904. The summed E-state index contributed by atoms with van der Waals surface area (Å²) >= 11 is 0. The average Bonchev–Trinajstić information content (AvgIpc) is 2.95. The third-order valence-corrected chi connectivity index (χ3v) is 4.54. The van der Waals surface area contributed by atoms with E-state index in [2.05, 4.69) is 36.2 Å². The predicted molar refractivity (Wildman–Crippen MR) is 83.8 cm³/mol. The number of nitrogens with zero attached hydrogens (tertiary/aromatic N) is 1. The van der Waals surface area contributed by atoms with E-state index in [4.69, 9.17) is 9.47 Å². The number of nitrogens with one attached hydrogen (secondary N) is 1. The Morgan fingerprint density at radius 3 is 2.90 bits per heavy atom. The molecule has 4 heteroatoms. The second-order valence-corrected chi connectivity index (χ2v) is 6.07. The monoisotopic (exact) mass is 290 g/mol. The van der Waals surface area contributed by atoms with E-state index in [0.29, 0.717) is 18.9 Å². The molecule has 0 saturated carbocycles. The third-order valence-electron chi connectivity index (χ3n) is 4.54. The summed E-state index contributed by atoms with van der Waals surface area (Å²) in [4.78, 5) is 2.62. The predicted octanol–water partition coefficient (Wildman–Crippen LogP) is 2.77. The summed E-state index contributed by atoms with van der Waals surface area (Å²) in [7, 11) is 0. The molecule has 4 nitrogen and oxygen atoms in total. The third kappa shape index (κ3) is 3.33. The number of hydrogen-bond acceptors (Lipinski definition) is 4. The second-order valence-electron chi connectivity index (χ2n) is 6.07. The Bertz CT molecular complexity index is 478. The standard InChI is InChI=1S/C17H26N2O2/c1-3-5-14-11-19(15(4-2)9-18-14)10-13-6-7-16-17(8-13)21-12-20-16/h6-8,14-15,18H,3-5,9-12H2,1-2H3. The van der Waals surface area contributed by atoms with Crippen molar-refractivity contribution in [1.82, 2.24) is 10.2 Å². The van der Waals surface area contributed by atoms with Gasteiger partial charge in [-0.25, -0.2) is 0 Å². The van der Waals surface area contributed by atoms with Crippen LogP contribution in [0.5, 0.6) is 11.5 Å². The van der Waals surface area contributed by atoms with Crippen LogP contribution in [0.1, 0.15) is 38.7 Å². The Morgan fingerprint density at radius 2 is 2.10 bits per heavy atom. The lowest BCUT2D eigenvalue weighted by Gasteiger charge is -2.40. The van der Waals surface area contributed by atoms with Crippen LogP contribution >= 0.6 is 0 Å². The summed E-state index contributed by atoms with van der Waals surface area (Å²) in [6.07, 6.45) is 3.69. The first-order valence-corrected chi connectivity index (χ1v) is 8.16. The number of rotatable bonds is 5. The molecule has 0 radical (unpaired) electrons. The van der Waals surface area contributed by atoms with Gasteiger partial charge in [-0.3, -0.25) is 4.90 Å². The maximum atomic E-state index is 5.49. The first-order valence-electron chi connectivity index (χ1n) is 8.16. The van der Waals surface area contributed by atoms with Crippen molar-refractivity contribution in [3.8, 4) is 11.5 Å². The first kappa shape index (κ1) is 14.7. The van der Waals surface area contributed by atoms with Crippen molar-refractivity contribution in [2.45, 2.75) is 51.7 Å². The highest BCUT2D eigenvalue weighted by atomic mass is 16.7. The zero-order valence-corrected chi connectivity index (χ0v) is 13.1. The Morgan fingerprint density at radius 1 is 1.24 bits per heavy atom. The zero-order chi connectivity index (χ0) is 14.7. The van der Waals surface area contributed by atoms with Gasteiger partial charge in [0, 0.05) is 31.7 Å². The maximum Gasteiger partial charge on any atom is 0.231 e. The van der Waals surface area contributed by atoms with Gasteiger partial charge in [0.25, 0.3) is 0 Å². The van der Waals surface area contributed by atoms with Crippen molar-refractivity contribution < 1.29 is 9.47 Å². The summed E-state index contributed by atoms with van der Waals surface area (Å²) in [6, 6.07) is 7.59. The van der Waals surface area contributed by atoms with Gasteiger partial charge in [-0.05, 0) is 30.5 Å². The van der Waals surface area contributed by atoms with Crippen LogP contribution in [-0.4, -0.2) is 36.9 Å². The highest BCUT2D eigenvalue weighted by molar-refractivity contribution is 5.44. The first-order chi connectivity index (χ1) is 10.3. The minimum absolute atomic E-state index is 0.350. The lowest BCUT2D eigenvalue weighted by Crippen LogP contribution is -2.55. The Balaban J connectivity index is 1.68. The number of ether oxygens (including phenoxy) is 2. The smallest absolute Gasteiger partial charge is 0.231 e. The number of hydrogen-bond donors (Lipinski definition) is 1. The molecule has 21 heavy (non-hydrogen) atoms. The van der Waals surface area contributed by atoms with Crippen LogP contribution in [0.15, 0.2) is 18.2 Å². The van der Waals surface area contributed by atoms with E-state index in [1.165, 1.54) is 24.8 Å². The average molecular weight is 290 g/mol. The normalized spacial score (nSPS) is 25.2. The fourth-order valence-electron chi connectivity index (χ4n) is 3.34. The molecule has 2 aliphatic heterocycles. The van der Waals surface area contributed by atoms with Crippen LogP contribution in [0.2, 0.25) is 0 Å². The van der Waals surface area contributed by atoms with Crippen molar-refractivity contribution in [2.75, 3.05) is 19.9 Å². The number of benzene rings is 1. The van der Waals surface area contributed by atoms with Crippen molar-refractivity contribution >= 4 is 0 Å². The van der Waals surface area contributed by atoms with E-state index in [-0.39, 0.29) is 0 Å². The Kier molecular flexibility index (Phi) is 4.66. The molecular weight excluding hydrogens is 264 g/mol. The van der Waals surface area contributed by atoms with Crippen molar-refractivity contribution in [1.29, 1.82) is 0 Å². The van der Waals surface area contributed by atoms with Gasteiger partial charge in [-0.2, -0.15) is 0 Å². The molecule has 0 bridgehead atoms. The summed E-state index contributed by atoms with van der Waals surface area (Å²) in [5, 5.41) is 3.69. The highest BCUT2D eigenvalue weighted by Crippen LogP contribution is 2.33. The molecule has 116 valence electrons. The van der Waals surface area contributed by atoms with E-state index < -0.39 is 0 Å². The number of piperazine rings is 1. The minimum Gasteiger partial charge on any atom is -0.454 e. The minimum atomic E-state index is 0.350. The van der Waals surface area contributed by atoms with Crippen LogP contribution in [-0.2, 0) is 6.54 Å². The molecule has 1 N–H and O–H groups in total. The molecule has 0 spiro atoms. The molecule has 2 heterocycles. The topological polar surface area (TPSA) is 33.7 Å². The van der Waals surface area contributed by atoms with Gasteiger partial charge in [-0.15, -0.1) is 0 Å². The fourth-order valence-corrected chi connectivity index (χ4v) is 3.34. The molecule has 0 aliphatic carbocycles. The van der Waals surface area contributed by atoms with E-state index in [9.17, 15) is 0 Å². The summed E-state index contributed by atoms with van der Waals surface area (Å²) < 4.78 is 10.9. The van der Waals surface area contributed by atoms with Crippen LogP contribution in [0.4, 0.5) is 0 Å². The van der Waals surface area contributed by atoms with E-state index in [1.807, 2.05) is 6.07 Å². The molecule has 1 aromatic rings. The zero-order valence-electron chi connectivity index (χ0n) is 13.1. The highest BCUT2D eigenvalue weighted by Gasteiger charge is 2.26. The Hall–Kier alpha value is -1.26. The van der Waals surface area contributed by atoms with E-state index in [0.717, 1.165) is 31.1 Å².